The lowest BCUT2D eigenvalue weighted by Crippen LogP contribution is -2.46. The summed E-state index contributed by atoms with van der Waals surface area (Å²) in [6, 6.07) is 11.1. The lowest BCUT2D eigenvalue weighted by molar-refractivity contribution is -0.124. The molecule has 9 heteroatoms. The Morgan fingerprint density at radius 1 is 1.09 bits per heavy atom. The monoisotopic (exact) mass is 488 g/mol. The maximum Gasteiger partial charge on any atom is 0.244 e. The van der Waals surface area contributed by atoms with E-state index in [0.717, 1.165) is 16.3 Å². The summed E-state index contributed by atoms with van der Waals surface area (Å²) in [5, 5.41) is 13.2. The summed E-state index contributed by atoms with van der Waals surface area (Å²) in [4.78, 5) is 13.1. The van der Waals surface area contributed by atoms with E-state index < -0.39 is 28.1 Å². The van der Waals surface area contributed by atoms with Gasteiger partial charge in [0.25, 0.3) is 0 Å². The van der Waals surface area contributed by atoms with Gasteiger partial charge in [0.2, 0.25) is 15.9 Å². The van der Waals surface area contributed by atoms with Crippen LogP contribution >= 0.6 is 0 Å². The van der Waals surface area contributed by atoms with Gasteiger partial charge in [-0.2, -0.15) is 4.31 Å². The zero-order valence-electron chi connectivity index (χ0n) is 19.7. The minimum Gasteiger partial charge on any atom is -0.486 e. The first kappa shape index (κ1) is 24.5. The highest BCUT2D eigenvalue weighted by molar-refractivity contribution is 7.89. The van der Waals surface area contributed by atoms with Gasteiger partial charge in [0, 0.05) is 19.0 Å². The van der Waals surface area contributed by atoms with E-state index in [1.165, 1.54) is 17.7 Å². The minimum atomic E-state index is -4.04. The number of aliphatic hydroxyl groups is 1. The molecule has 34 heavy (non-hydrogen) atoms. The second-order valence-electron chi connectivity index (χ2n) is 9.36. The van der Waals surface area contributed by atoms with E-state index >= 15 is 0 Å². The Kier molecular flexibility index (Phi) is 7.16. The average Bonchev–Trinajstić information content (AvgIpc) is 3.21. The second-order valence-corrected chi connectivity index (χ2v) is 11.2. The molecule has 1 fully saturated rings. The van der Waals surface area contributed by atoms with Crippen LogP contribution in [0.25, 0.3) is 0 Å². The van der Waals surface area contributed by atoms with Crippen LogP contribution in [-0.4, -0.2) is 55.6 Å². The maximum absolute atomic E-state index is 13.4. The molecule has 0 aliphatic carbocycles. The average molecular weight is 489 g/mol. The summed E-state index contributed by atoms with van der Waals surface area (Å²) in [7, 11) is -4.04. The minimum absolute atomic E-state index is 0.00237. The van der Waals surface area contributed by atoms with E-state index in [2.05, 4.69) is 31.3 Å². The Morgan fingerprint density at radius 3 is 2.44 bits per heavy atom. The third-order valence-corrected chi connectivity index (χ3v) is 8.01. The van der Waals surface area contributed by atoms with Gasteiger partial charge in [0.1, 0.15) is 19.3 Å². The van der Waals surface area contributed by atoms with E-state index in [1.807, 2.05) is 19.1 Å². The maximum atomic E-state index is 13.4. The highest BCUT2D eigenvalue weighted by atomic mass is 32.2. The van der Waals surface area contributed by atoms with Crippen LogP contribution in [0.15, 0.2) is 47.4 Å². The van der Waals surface area contributed by atoms with Crippen molar-refractivity contribution in [1.29, 1.82) is 0 Å². The quantitative estimate of drug-likeness (QED) is 0.621. The summed E-state index contributed by atoms with van der Waals surface area (Å²) in [5.74, 6) is 0.951. The van der Waals surface area contributed by atoms with Gasteiger partial charge in [-0.1, -0.05) is 38.1 Å². The van der Waals surface area contributed by atoms with Crippen molar-refractivity contribution < 1.29 is 27.8 Å². The van der Waals surface area contributed by atoms with Crippen LogP contribution < -0.4 is 14.8 Å². The van der Waals surface area contributed by atoms with Crippen molar-refractivity contribution in [2.24, 2.45) is 5.92 Å². The van der Waals surface area contributed by atoms with Crippen molar-refractivity contribution in [3.8, 4) is 11.5 Å². The molecule has 0 bridgehead atoms. The van der Waals surface area contributed by atoms with Crippen LogP contribution in [0.1, 0.15) is 44.4 Å². The van der Waals surface area contributed by atoms with Crippen LogP contribution in [0.4, 0.5) is 0 Å². The van der Waals surface area contributed by atoms with Crippen molar-refractivity contribution in [3.63, 3.8) is 0 Å². The Morgan fingerprint density at radius 2 is 1.76 bits per heavy atom. The Bertz CT molecular complexity index is 1130. The van der Waals surface area contributed by atoms with Crippen LogP contribution in [0.3, 0.4) is 0 Å². The third-order valence-electron chi connectivity index (χ3n) is 6.14. The highest BCUT2D eigenvalue weighted by Crippen LogP contribution is 2.35. The molecule has 1 amide bonds. The number of sulfonamides is 1. The number of carbonyl (C=O) groups is 1. The fourth-order valence-corrected chi connectivity index (χ4v) is 6.07. The molecule has 0 saturated carbocycles. The Balaban J connectivity index is 1.50. The first-order valence-corrected chi connectivity index (χ1v) is 13.1. The number of rotatable bonds is 7. The number of benzene rings is 2. The number of nitrogens with one attached hydrogen (secondary N) is 1. The molecule has 0 spiro atoms. The molecule has 2 aromatic carbocycles. The molecule has 1 saturated heterocycles. The molecule has 3 atom stereocenters. The van der Waals surface area contributed by atoms with Crippen molar-refractivity contribution in [2.75, 3.05) is 19.8 Å². The molecular formula is C25H32N2O6S. The first-order chi connectivity index (χ1) is 16.1. The molecular weight excluding hydrogens is 456 g/mol. The van der Waals surface area contributed by atoms with Crippen molar-refractivity contribution in [1.82, 2.24) is 9.62 Å². The molecule has 2 aliphatic rings. The van der Waals surface area contributed by atoms with Crippen LogP contribution in [0.2, 0.25) is 0 Å². The topological polar surface area (TPSA) is 105 Å². The zero-order valence-corrected chi connectivity index (χ0v) is 20.5. The van der Waals surface area contributed by atoms with E-state index in [0.29, 0.717) is 30.6 Å². The van der Waals surface area contributed by atoms with Crippen molar-refractivity contribution in [3.05, 3.63) is 53.6 Å². The summed E-state index contributed by atoms with van der Waals surface area (Å²) < 4.78 is 38.9. The smallest absolute Gasteiger partial charge is 0.244 e. The number of fused-ring (bicyclic) bond motifs is 1. The number of nitrogens with zero attached hydrogens (tertiary/aromatic N) is 1. The molecule has 2 aromatic rings. The number of β-amino-alcohol motifs (C(OH)–C–C–N with tert-alkyl or cyclic N) is 1. The van der Waals surface area contributed by atoms with E-state index in [1.54, 1.807) is 6.07 Å². The molecule has 184 valence electrons. The van der Waals surface area contributed by atoms with Gasteiger partial charge in [-0.3, -0.25) is 4.79 Å². The van der Waals surface area contributed by atoms with Gasteiger partial charge in [0.15, 0.2) is 11.5 Å². The third kappa shape index (κ3) is 5.21. The SMILES string of the molecule is CC(C)Cc1ccc(C(C)NC(=O)C2CC(O)CN2S(=O)(=O)c2ccc3c(c2)OCCO3)cc1. The molecule has 0 radical (unpaired) electrons. The molecule has 3 unspecified atom stereocenters. The van der Waals surface area contributed by atoms with E-state index in [-0.39, 0.29) is 23.9 Å². The number of ether oxygens (including phenoxy) is 2. The number of aliphatic hydroxyl groups excluding tert-OH is 1. The largest absolute Gasteiger partial charge is 0.486 e. The number of hydrogen-bond acceptors (Lipinski definition) is 6. The highest BCUT2D eigenvalue weighted by Gasteiger charge is 2.44. The first-order valence-electron chi connectivity index (χ1n) is 11.6. The fraction of sp³-hybridized carbons (Fsp3) is 0.480. The van der Waals surface area contributed by atoms with Crippen LogP contribution in [0.5, 0.6) is 11.5 Å². The predicted molar refractivity (Wildman–Crippen MR) is 127 cm³/mol. The number of amides is 1. The summed E-state index contributed by atoms with van der Waals surface area (Å²) in [6.45, 7) is 6.78. The van der Waals surface area contributed by atoms with Crippen LogP contribution in [-0.2, 0) is 21.2 Å². The Labute approximate surface area is 200 Å². The molecule has 4 rings (SSSR count). The van der Waals surface area contributed by atoms with E-state index in [9.17, 15) is 18.3 Å². The summed E-state index contributed by atoms with van der Waals surface area (Å²) in [6.07, 6.45) is 0.0944. The number of hydrogen-bond donors (Lipinski definition) is 2. The zero-order chi connectivity index (χ0) is 24.5. The van der Waals surface area contributed by atoms with Crippen molar-refractivity contribution in [2.45, 2.75) is 56.7 Å². The molecule has 8 nitrogen and oxygen atoms in total. The second kappa shape index (κ2) is 9.93. The molecule has 0 aromatic heterocycles. The molecule has 2 N–H and O–H groups in total. The van der Waals surface area contributed by atoms with Gasteiger partial charge in [-0.15, -0.1) is 0 Å². The molecule has 2 aliphatic heterocycles. The Hall–Kier alpha value is -2.62. The van der Waals surface area contributed by atoms with Crippen molar-refractivity contribution >= 4 is 15.9 Å². The normalized spacial score (nSPS) is 21.4. The molecule has 2 heterocycles. The lowest BCUT2D eigenvalue weighted by atomic mass is 10.00. The number of carbonyl (C=O) groups excluding carboxylic acids is 1. The van der Waals surface area contributed by atoms with Gasteiger partial charge < -0.3 is 19.9 Å². The van der Waals surface area contributed by atoms with E-state index in [4.69, 9.17) is 9.47 Å². The summed E-state index contributed by atoms with van der Waals surface area (Å²) >= 11 is 0. The van der Waals surface area contributed by atoms with Gasteiger partial charge in [-0.25, -0.2) is 8.42 Å². The van der Waals surface area contributed by atoms with Gasteiger partial charge >= 0.3 is 0 Å². The fourth-order valence-electron chi connectivity index (χ4n) is 4.41. The van der Waals surface area contributed by atoms with Crippen LogP contribution in [0, 0.1) is 5.92 Å². The summed E-state index contributed by atoms with van der Waals surface area (Å²) in [5.41, 5.74) is 2.16. The van der Waals surface area contributed by atoms with Gasteiger partial charge in [-0.05, 0) is 42.5 Å². The lowest BCUT2D eigenvalue weighted by Gasteiger charge is -2.26. The standard InChI is InChI=1S/C25H32N2O6S/c1-16(2)12-18-4-6-19(7-5-18)17(3)26-25(29)22-13-20(28)15-27(22)34(30,31)21-8-9-23-24(14-21)33-11-10-32-23/h4-9,14,16-17,20,22,28H,10-13,15H2,1-3H3,(H,26,29). The predicted octanol–water partition coefficient (Wildman–Crippen LogP) is 2.66. The van der Waals surface area contributed by atoms with Gasteiger partial charge in [0.05, 0.1) is 17.0 Å².